The fourth-order valence-corrected chi connectivity index (χ4v) is 5.06. The molecular formula is C13H10ClINO3-. The van der Waals surface area contributed by atoms with E-state index in [4.69, 9.17) is 16.3 Å². The summed E-state index contributed by atoms with van der Waals surface area (Å²) in [7, 11) is 1.55. The first kappa shape index (κ1) is 12.9. The van der Waals surface area contributed by atoms with Crippen molar-refractivity contribution in [3.8, 4) is 5.75 Å². The number of rotatable bonds is 3. The number of carbonyl (C=O) groups is 1. The number of halogens is 2. The van der Waals surface area contributed by atoms with Crippen LogP contribution in [0.3, 0.4) is 0 Å². The van der Waals surface area contributed by atoms with Crippen LogP contribution in [0, 0.1) is 0 Å². The Kier molecular flexibility index (Phi) is 3.26. The normalized spacial score (nSPS) is 24.5. The molecular weight excluding hydrogens is 381 g/mol. The van der Waals surface area contributed by atoms with E-state index < -0.39 is 5.97 Å². The molecule has 6 heteroatoms. The van der Waals surface area contributed by atoms with Crippen molar-refractivity contribution in [2.24, 2.45) is 0 Å². The van der Waals surface area contributed by atoms with Gasteiger partial charge in [-0.1, -0.05) is 0 Å². The SMILES string of the molecule is COc1cnc(Cl)cc1C1=C(C(=O)O)C=CC2[I-]C12. The zero-order chi connectivity index (χ0) is 13.6. The molecule has 3 rings (SSSR count). The summed E-state index contributed by atoms with van der Waals surface area (Å²) in [6.07, 6.45) is 5.26. The van der Waals surface area contributed by atoms with Crippen LogP contribution >= 0.6 is 11.6 Å². The monoisotopic (exact) mass is 390 g/mol. The summed E-state index contributed by atoms with van der Waals surface area (Å²) in [6.45, 7) is 0. The Morgan fingerprint density at radius 1 is 1.58 bits per heavy atom. The maximum atomic E-state index is 11.4. The number of nitrogens with zero attached hydrogens (tertiary/aromatic N) is 1. The van der Waals surface area contributed by atoms with Gasteiger partial charge in [0.15, 0.2) is 0 Å². The predicted octanol–water partition coefficient (Wildman–Crippen LogP) is -1.01. The van der Waals surface area contributed by atoms with Crippen LogP contribution < -0.4 is 25.9 Å². The van der Waals surface area contributed by atoms with E-state index in [2.05, 4.69) is 4.98 Å². The van der Waals surface area contributed by atoms with Gasteiger partial charge in [-0.3, -0.25) is 0 Å². The topological polar surface area (TPSA) is 59.4 Å². The number of pyridine rings is 1. The fourth-order valence-electron chi connectivity index (χ4n) is 2.17. The van der Waals surface area contributed by atoms with Gasteiger partial charge in [0, 0.05) is 0 Å². The van der Waals surface area contributed by atoms with Gasteiger partial charge in [0.1, 0.15) is 0 Å². The van der Waals surface area contributed by atoms with E-state index >= 15 is 0 Å². The zero-order valence-electron chi connectivity index (χ0n) is 9.93. The molecule has 1 aromatic heterocycles. The first-order chi connectivity index (χ1) is 9.11. The van der Waals surface area contributed by atoms with Crippen molar-refractivity contribution >= 4 is 23.1 Å². The molecule has 100 valence electrons. The van der Waals surface area contributed by atoms with Gasteiger partial charge in [-0.25, -0.2) is 0 Å². The minimum atomic E-state index is -0.907. The van der Waals surface area contributed by atoms with Crippen LogP contribution in [0.15, 0.2) is 30.0 Å². The van der Waals surface area contributed by atoms with Gasteiger partial charge in [0.25, 0.3) is 0 Å². The molecule has 0 saturated carbocycles. The van der Waals surface area contributed by atoms with Crippen LogP contribution in [-0.4, -0.2) is 31.0 Å². The zero-order valence-corrected chi connectivity index (χ0v) is 12.8. The summed E-state index contributed by atoms with van der Waals surface area (Å²) in [5.74, 6) is -0.335. The van der Waals surface area contributed by atoms with Crippen LogP contribution in [-0.2, 0) is 4.79 Å². The molecule has 0 spiro atoms. The second-order valence-corrected chi connectivity index (χ2v) is 8.06. The van der Waals surface area contributed by atoms with Crippen molar-refractivity contribution in [1.82, 2.24) is 4.98 Å². The molecule has 0 bridgehead atoms. The summed E-state index contributed by atoms with van der Waals surface area (Å²) in [5, 5.41) is 9.70. The molecule has 19 heavy (non-hydrogen) atoms. The Bertz CT molecular complexity index is 626. The number of alkyl halides is 2. The van der Waals surface area contributed by atoms with Crippen molar-refractivity contribution in [3.63, 3.8) is 0 Å². The molecule has 2 heterocycles. The van der Waals surface area contributed by atoms with Crippen molar-refractivity contribution in [1.29, 1.82) is 0 Å². The van der Waals surface area contributed by atoms with E-state index in [-0.39, 0.29) is 21.2 Å². The predicted molar refractivity (Wildman–Crippen MR) is 67.1 cm³/mol. The first-order valence-electron chi connectivity index (χ1n) is 5.59. The molecule has 2 atom stereocenters. The van der Waals surface area contributed by atoms with Crippen LogP contribution in [0.1, 0.15) is 5.56 Å². The summed E-state index contributed by atoms with van der Waals surface area (Å²) in [5.41, 5.74) is 1.96. The van der Waals surface area contributed by atoms with E-state index in [0.29, 0.717) is 24.3 Å². The number of carboxylic acid groups (broad SMARTS) is 1. The molecule has 4 nitrogen and oxygen atoms in total. The third kappa shape index (κ3) is 2.25. The molecule has 1 saturated heterocycles. The van der Waals surface area contributed by atoms with Gasteiger partial charge >= 0.3 is 125 Å². The van der Waals surface area contributed by atoms with E-state index in [9.17, 15) is 9.90 Å². The quantitative estimate of drug-likeness (QED) is 0.408. The molecule has 1 fully saturated rings. The number of ether oxygens (including phenoxy) is 1. The Labute approximate surface area is 125 Å². The van der Waals surface area contributed by atoms with Gasteiger partial charge in [0.05, 0.1) is 0 Å². The van der Waals surface area contributed by atoms with Crippen molar-refractivity contribution in [2.75, 3.05) is 7.11 Å². The minimum absolute atomic E-state index is 0.00324. The van der Waals surface area contributed by atoms with Gasteiger partial charge < -0.3 is 0 Å². The molecule has 0 aromatic carbocycles. The Morgan fingerprint density at radius 2 is 2.37 bits per heavy atom. The van der Waals surface area contributed by atoms with E-state index in [1.165, 1.54) is 6.20 Å². The molecule has 1 N–H and O–H groups in total. The van der Waals surface area contributed by atoms with Crippen LogP contribution in [0.4, 0.5) is 0 Å². The average Bonchev–Trinajstić information content (AvgIpc) is 3.16. The Morgan fingerprint density at radius 3 is 3.05 bits per heavy atom. The third-order valence-electron chi connectivity index (χ3n) is 3.08. The number of hydrogen-bond donors (Lipinski definition) is 1. The molecule has 1 aliphatic carbocycles. The second kappa shape index (κ2) is 4.79. The first-order valence-corrected chi connectivity index (χ1v) is 8.46. The molecule has 1 aliphatic heterocycles. The molecule has 2 unspecified atom stereocenters. The van der Waals surface area contributed by atoms with Crippen molar-refractivity contribution < 1.29 is 35.8 Å². The summed E-state index contributed by atoms with van der Waals surface area (Å²) >= 11 is 5.93. The number of allylic oxidation sites excluding steroid dienone is 2. The number of fused-ring (bicyclic) bond motifs is 1. The average molecular weight is 391 g/mol. The fraction of sp³-hybridized carbons (Fsp3) is 0.231. The van der Waals surface area contributed by atoms with Gasteiger partial charge in [-0.2, -0.15) is 0 Å². The van der Waals surface area contributed by atoms with Gasteiger partial charge in [-0.05, 0) is 0 Å². The number of carboxylic acids is 1. The Hall–Kier alpha value is -1.08. The van der Waals surface area contributed by atoms with Gasteiger partial charge in [0.2, 0.25) is 0 Å². The van der Waals surface area contributed by atoms with Crippen molar-refractivity contribution in [2.45, 2.75) is 7.85 Å². The summed E-state index contributed by atoms with van der Waals surface area (Å²) in [6, 6.07) is 1.69. The number of aliphatic carboxylic acids is 1. The second-order valence-electron chi connectivity index (χ2n) is 4.17. The standard InChI is InChI=1S/C13H10ClINO3/c1-19-9-5-16-10(14)4-7(9)11-6(13(17)18)2-3-8-12(11)15-8/h2-5,8,12H,1H3,(H,17,18)/q-1. The maximum absolute atomic E-state index is 11.4. The molecule has 0 radical (unpaired) electrons. The molecule has 2 aliphatic rings. The molecule has 1 aromatic rings. The van der Waals surface area contributed by atoms with Gasteiger partial charge in [-0.15, -0.1) is 0 Å². The number of hydrogen-bond acceptors (Lipinski definition) is 3. The van der Waals surface area contributed by atoms with E-state index in [1.54, 1.807) is 19.3 Å². The summed E-state index contributed by atoms with van der Waals surface area (Å²) in [4.78, 5) is 15.4. The van der Waals surface area contributed by atoms with E-state index in [0.717, 1.165) is 11.1 Å². The number of aromatic nitrogens is 1. The van der Waals surface area contributed by atoms with Crippen LogP contribution in [0.25, 0.3) is 5.57 Å². The third-order valence-corrected chi connectivity index (χ3v) is 6.59. The molecule has 0 amide bonds. The Balaban J connectivity index is 2.21. The van der Waals surface area contributed by atoms with E-state index in [1.807, 2.05) is 6.08 Å². The van der Waals surface area contributed by atoms with Crippen molar-refractivity contribution in [3.05, 3.63) is 40.7 Å². The van der Waals surface area contributed by atoms with Crippen LogP contribution in [0.5, 0.6) is 5.75 Å². The number of methoxy groups -OCH3 is 1. The summed E-state index contributed by atoms with van der Waals surface area (Å²) < 4.78 is 6.20. The van der Waals surface area contributed by atoms with Crippen LogP contribution in [0.2, 0.25) is 5.15 Å².